The van der Waals surface area contributed by atoms with E-state index in [4.69, 9.17) is 4.74 Å². The largest absolute Gasteiger partial charge is 0.497 e. The number of nitrogens with zero attached hydrogens (tertiary/aromatic N) is 1. The molecular weight excluding hydrogens is 368 g/mol. The van der Waals surface area contributed by atoms with Gasteiger partial charge in [0.1, 0.15) is 12.3 Å². The smallest absolute Gasteiger partial charge is 0.243 e. The lowest BCUT2D eigenvalue weighted by Gasteiger charge is -2.31. The Morgan fingerprint density at radius 1 is 1.04 bits per heavy atom. The van der Waals surface area contributed by atoms with Gasteiger partial charge < -0.3 is 9.64 Å². The molecule has 2 aromatic rings. The zero-order valence-corrected chi connectivity index (χ0v) is 16.8. The molecule has 1 aliphatic heterocycles. The Labute approximate surface area is 160 Å². The maximum Gasteiger partial charge on any atom is 0.243 e. The van der Waals surface area contributed by atoms with E-state index in [9.17, 15) is 8.42 Å². The average Bonchev–Trinajstić information content (AvgIpc) is 2.69. The SMILES string of the molecule is COc1ccc(S(=O)(=O)N2CC[NH+](Cc3ccc(SC)cc3)CC2)cc1. The van der Waals surface area contributed by atoms with Gasteiger partial charge in [0.15, 0.2) is 0 Å². The Hall–Kier alpha value is -1.54. The zero-order valence-electron chi connectivity index (χ0n) is 15.1. The van der Waals surface area contributed by atoms with E-state index in [1.165, 1.54) is 15.4 Å². The van der Waals surface area contributed by atoms with Gasteiger partial charge in [0.05, 0.1) is 38.2 Å². The molecular formula is C19H25N2O3S2+. The van der Waals surface area contributed by atoms with Crippen LogP contribution in [0, 0.1) is 0 Å². The minimum absolute atomic E-state index is 0.328. The minimum atomic E-state index is -3.43. The van der Waals surface area contributed by atoms with E-state index >= 15 is 0 Å². The standard InChI is InChI=1S/C19H24N2O3S2/c1-24-17-5-9-19(10-6-17)26(22,23)21-13-11-20(12-14-21)15-16-3-7-18(25-2)8-4-16/h3-10H,11-15H2,1-2H3/p+1. The molecule has 0 radical (unpaired) electrons. The van der Waals surface area contributed by atoms with Crippen LogP contribution in [0.4, 0.5) is 0 Å². The van der Waals surface area contributed by atoms with E-state index in [0.29, 0.717) is 23.7 Å². The van der Waals surface area contributed by atoms with Gasteiger partial charge in [-0.2, -0.15) is 4.31 Å². The van der Waals surface area contributed by atoms with Gasteiger partial charge in [-0.25, -0.2) is 8.42 Å². The maximum absolute atomic E-state index is 12.8. The normalized spacial score (nSPS) is 16.5. The summed E-state index contributed by atoms with van der Waals surface area (Å²) in [6, 6.07) is 15.2. The molecule has 0 bridgehead atoms. The highest BCUT2D eigenvalue weighted by Gasteiger charge is 2.30. The lowest BCUT2D eigenvalue weighted by molar-refractivity contribution is -0.917. The summed E-state index contributed by atoms with van der Waals surface area (Å²) in [5.74, 6) is 0.658. The summed E-state index contributed by atoms with van der Waals surface area (Å²) in [5.41, 5.74) is 1.30. The number of benzene rings is 2. The first-order valence-electron chi connectivity index (χ1n) is 8.63. The van der Waals surface area contributed by atoms with Gasteiger partial charge in [-0.3, -0.25) is 0 Å². The number of nitrogens with one attached hydrogen (secondary N) is 1. The number of hydrogen-bond donors (Lipinski definition) is 1. The second-order valence-electron chi connectivity index (χ2n) is 6.35. The number of thioether (sulfide) groups is 1. The van der Waals surface area contributed by atoms with Crippen molar-refractivity contribution in [3.63, 3.8) is 0 Å². The van der Waals surface area contributed by atoms with Crippen molar-refractivity contribution in [1.29, 1.82) is 0 Å². The molecule has 0 atom stereocenters. The van der Waals surface area contributed by atoms with Gasteiger partial charge in [0.25, 0.3) is 0 Å². The lowest BCUT2D eigenvalue weighted by Crippen LogP contribution is -3.13. The van der Waals surface area contributed by atoms with Crippen LogP contribution < -0.4 is 9.64 Å². The predicted molar refractivity (Wildman–Crippen MR) is 104 cm³/mol. The molecule has 1 aliphatic rings. The van der Waals surface area contributed by atoms with Crippen LogP contribution in [0.2, 0.25) is 0 Å². The Kier molecular flexibility index (Phi) is 6.24. The van der Waals surface area contributed by atoms with Gasteiger partial charge >= 0.3 is 0 Å². The topological polar surface area (TPSA) is 51.1 Å². The summed E-state index contributed by atoms with van der Waals surface area (Å²) in [5, 5.41) is 0. The Balaban J connectivity index is 1.59. The summed E-state index contributed by atoms with van der Waals surface area (Å²) in [7, 11) is -1.86. The van der Waals surface area contributed by atoms with E-state index in [1.807, 2.05) is 0 Å². The third kappa shape index (κ3) is 4.40. The van der Waals surface area contributed by atoms with Gasteiger partial charge in [-0.1, -0.05) is 12.1 Å². The molecule has 1 N–H and O–H groups in total. The molecule has 0 spiro atoms. The van der Waals surface area contributed by atoms with Crippen LogP contribution in [-0.2, 0) is 16.6 Å². The minimum Gasteiger partial charge on any atom is -0.497 e. The second-order valence-corrected chi connectivity index (χ2v) is 9.17. The van der Waals surface area contributed by atoms with Crippen LogP contribution >= 0.6 is 11.8 Å². The van der Waals surface area contributed by atoms with Crippen molar-refractivity contribution in [2.75, 3.05) is 39.5 Å². The van der Waals surface area contributed by atoms with E-state index in [2.05, 4.69) is 30.5 Å². The van der Waals surface area contributed by atoms with Crippen molar-refractivity contribution >= 4 is 21.8 Å². The summed E-state index contributed by atoms with van der Waals surface area (Å²) in [6.07, 6.45) is 2.07. The van der Waals surface area contributed by atoms with Crippen LogP contribution in [0.5, 0.6) is 5.75 Å². The molecule has 1 saturated heterocycles. The van der Waals surface area contributed by atoms with Crippen LogP contribution in [0.3, 0.4) is 0 Å². The number of hydrogen-bond acceptors (Lipinski definition) is 4. The molecule has 0 unspecified atom stereocenters. The summed E-state index contributed by atoms with van der Waals surface area (Å²) in [4.78, 5) is 3.01. The number of rotatable bonds is 6. The van der Waals surface area contributed by atoms with Crippen LogP contribution in [0.25, 0.3) is 0 Å². The van der Waals surface area contributed by atoms with Crippen LogP contribution in [-0.4, -0.2) is 52.3 Å². The fraction of sp³-hybridized carbons (Fsp3) is 0.368. The van der Waals surface area contributed by atoms with Crippen molar-refractivity contribution < 1.29 is 18.1 Å². The first kappa shape index (κ1) is 19.2. The Morgan fingerprint density at radius 2 is 1.65 bits per heavy atom. The van der Waals surface area contributed by atoms with Crippen molar-refractivity contribution in [2.45, 2.75) is 16.3 Å². The number of piperazine rings is 1. The molecule has 1 fully saturated rings. The molecule has 7 heteroatoms. The highest BCUT2D eigenvalue weighted by Crippen LogP contribution is 2.19. The summed E-state index contributed by atoms with van der Waals surface area (Å²) < 4.78 is 32.3. The fourth-order valence-corrected chi connectivity index (χ4v) is 5.00. The highest BCUT2D eigenvalue weighted by atomic mass is 32.2. The number of methoxy groups -OCH3 is 1. The van der Waals surface area contributed by atoms with E-state index in [0.717, 1.165) is 19.6 Å². The molecule has 0 aromatic heterocycles. The monoisotopic (exact) mass is 393 g/mol. The molecule has 140 valence electrons. The molecule has 0 aliphatic carbocycles. The molecule has 3 rings (SSSR count). The van der Waals surface area contributed by atoms with E-state index in [-0.39, 0.29) is 0 Å². The molecule has 5 nitrogen and oxygen atoms in total. The molecule has 0 saturated carbocycles. The van der Waals surface area contributed by atoms with Crippen molar-refractivity contribution in [2.24, 2.45) is 0 Å². The first-order valence-corrected chi connectivity index (χ1v) is 11.3. The van der Waals surface area contributed by atoms with Crippen molar-refractivity contribution in [3.05, 3.63) is 54.1 Å². The summed E-state index contributed by atoms with van der Waals surface area (Å²) in [6.45, 7) is 3.67. The van der Waals surface area contributed by atoms with Gasteiger partial charge in [-0.15, -0.1) is 11.8 Å². The average molecular weight is 394 g/mol. The third-order valence-electron chi connectivity index (χ3n) is 4.74. The van der Waals surface area contributed by atoms with E-state index < -0.39 is 10.0 Å². The van der Waals surface area contributed by atoms with Gasteiger partial charge in [0, 0.05) is 10.5 Å². The molecule has 26 heavy (non-hydrogen) atoms. The van der Waals surface area contributed by atoms with Crippen molar-refractivity contribution in [3.8, 4) is 5.75 Å². The maximum atomic E-state index is 12.8. The summed E-state index contributed by atoms with van der Waals surface area (Å²) >= 11 is 1.74. The number of quaternary nitrogens is 1. The predicted octanol–water partition coefficient (Wildman–Crippen LogP) is 1.51. The first-order chi connectivity index (χ1) is 12.5. The molecule has 2 aromatic carbocycles. The number of sulfonamides is 1. The quantitative estimate of drug-likeness (QED) is 0.756. The van der Waals surface area contributed by atoms with Crippen LogP contribution in [0.15, 0.2) is 58.3 Å². The van der Waals surface area contributed by atoms with Gasteiger partial charge in [-0.05, 0) is 42.7 Å². The third-order valence-corrected chi connectivity index (χ3v) is 7.40. The fourth-order valence-electron chi connectivity index (χ4n) is 3.15. The lowest BCUT2D eigenvalue weighted by atomic mass is 10.2. The van der Waals surface area contributed by atoms with Crippen LogP contribution in [0.1, 0.15) is 5.56 Å². The molecule has 1 heterocycles. The highest BCUT2D eigenvalue weighted by molar-refractivity contribution is 7.98. The van der Waals surface area contributed by atoms with E-state index in [1.54, 1.807) is 47.4 Å². The second kappa shape index (κ2) is 8.43. The van der Waals surface area contributed by atoms with Crippen molar-refractivity contribution in [1.82, 2.24) is 4.31 Å². The zero-order chi connectivity index (χ0) is 18.6. The Bertz CT molecular complexity index is 813. The molecule has 0 amide bonds. The van der Waals surface area contributed by atoms with Gasteiger partial charge in [0.2, 0.25) is 10.0 Å². The number of ether oxygens (including phenoxy) is 1. The Morgan fingerprint density at radius 3 is 2.19 bits per heavy atom.